The van der Waals surface area contributed by atoms with Gasteiger partial charge in [0.25, 0.3) is 0 Å². The summed E-state index contributed by atoms with van der Waals surface area (Å²) in [7, 11) is 0. The highest BCUT2D eigenvalue weighted by molar-refractivity contribution is 4.86. The van der Waals surface area contributed by atoms with Crippen molar-refractivity contribution in [1.29, 1.82) is 0 Å². The van der Waals surface area contributed by atoms with Crippen molar-refractivity contribution in [3.8, 4) is 0 Å². The highest BCUT2D eigenvalue weighted by Gasteiger charge is 2.30. The molecule has 2 aliphatic rings. The number of hydrogen-bond acceptors (Lipinski definition) is 2. The van der Waals surface area contributed by atoms with Crippen molar-refractivity contribution in [1.82, 2.24) is 10.2 Å². The van der Waals surface area contributed by atoms with Crippen LogP contribution in [-0.4, -0.2) is 37.1 Å². The Balaban J connectivity index is 1.82. The fourth-order valence-electron chi connectivity index (χ4n) is 4.15. The van der Waals surface area contributed by atoms with Crippen LogP contribution < -0.4 is 5.32 Å². The minimum absolute atomic E-state index is 0.728. The van der Waals surface area contributed by atoms with Crippen LogP contribution in [0.4, 0.5) is 0 Å². The zero-order valence-corrected chi connectivity index (χ0v) is 14.9. The number of hydrogen-bond donors (Lipinski definition) is 1. The molecular formula is C19H38N2. The predicted molar refractivity (Wildman–Crippen MR) is 92.6 cm³/mol. The van der Waals surface area contributed by atoms with E-state index in [0.717, 1.165) is 29.7 Å². The van der Waals surface area contributed by atoms with Gasteiger partial charge in [0, 0.05) is 25.7 Å². The molecule has 2 heteroatoms. The van der Waals surface area contributed by atoms with Crippen LogP contribution >= 0.6 is 0 Å². The van der Waals surface area contributed by atoms with Gasteiger partial charge in [0.2, 0.25) is 0 Å². The van der Waals surface area contributed by atoms with Crippen molar-refractivity contribution in [2.75, 3.05) is 26.2 Å². The molecule has 124 valence electrons. The van der Waals surface area contributed by atoms with Crippen molar-refractivity contribution < 1.29 is 0 Å². The molecule has 0 amide bonds. The first-order valence-electron chi connectivity index (χ1n) is 9.50. The summed E-state index contributed by atoms with van der Waals surface area (Å²) in [6.07, 6.45) is 8.61. The molecule has 1 heterocycles. The largest absolute Gasteiger partial charge is 0.313 e. The smallest absolute Gasteiger partial charge is 0.0198 e. The van der Waals surface area contributed by atoms with Crippen LogP contribution in [0.15, 0.2) is 0 Å². The molecule has 0 aromatic heterocycles. The Bertz CT molecular complexity index is 279. The van der Waals surface area contributed by atoms with Gasteiger partial charge < -0.3 is 10.2 Å². The zero-order valence-electron chi connectivity index (χ0n) is 14.9. The van der Waals surface area contributed by atoms with Crippen molar-refractivity contribution in [2.45, 2.75) is 72.3 Å². The fourth-order valence-corrected chi connectivity index (χ4v) is 4.15. The Hall–Kier alpha value is -0.0800. The minimum atomic E-state index is 0.728. The summed E-state index contributed by atoms with van der Waals surface area (Å²) >= 11 is 0. The van der Waals surface area contributed by atoms with Gasteiger partial charge in [0.1, 0.15) is 0 Å². The van der Waals surface area contributed by atoms with Gasteiger partial charge in [-0.2, -0.15) is 0 Å². The molecule has 1 saturated carbocycles. The summed E-state index contributed by atoms with van der Waals surface area (Å²) in [4.78, 5) is 2.79. The number of rotatable bonds is 7. The molecule has 2 nitrogen and oxygen atoms in total. The van der Waals surface area contributed by atoms with E-state index in [2.05, 4.69) is 37.9 Å². The molecular weight excluding hydrogens is 256 g/mol. The quantitative estimate of drug-likeness (QED) is 0.758. The second-order valence-electron chi connectivity index (χ2n) is 8.44. The van der Waals surface area contributed by atoms with Gasteiger partial charge in [-0.05, 0) is 55.9 Å². The topological polar surface area (TPSA) is 15.3 Å². The Morgan fingerprint density at radius 1 is 1.05 bits per heavy atom. The molecule has 1 aliphatic heterocycles. The van der Waals surface area contributed by atoms with Crippen molar-refractivity contribution in [3.05, 3.63) is 0 Å². The first-order chi connectivity index (χ1) is 10.0. The van der Waals surface area contributed by atoms with E-state index < -0.39 is 0 Å². The van der Waals surface area contributed by atoms with E-state index in [-0.39, 0.29) is 0 Å². The molecule has 0 spiro atoms. The summed E-state index contributed by atoms with van der Waals surface area (Å²) in [5, 5.41) is 3.85. The summed E-state index contributed by atoms with van der Waals surface area (Å²) in [5.74, 6) is 3.52. The lowest BCUT2D eigenvalue weighted by molar-refractivity contribution is 0.101. The molecule has 1 N–H and O–H groups in total. The van der Waals surface area contributed by atoms with E-state index in [4.69, 9.17) is 0 Å². The first-order valence-corrected chi connectivity index (χ1v) is 9.50. The maximum absolute atomic E-state index is 3.85. The Labute approximate surface area is 133 Å². The highest BCUT2D eigenvalue weighted by Crippen LogP contribution is 2.29. The Morgan fingerprint density at radius 3 is 2.38 bits per heavy atom. The van der Waals surface area contributed by atoms with Gasteiger partial charge in [0.05, 0.1) is 0 Å². The normalized spacial score (nSPS) is 28.9. The second kappa shape index (κ2) is 8.53. The molecule has 0 radical (unpaired) electrons. The van der Waals surface area contributed by atoms with Crippen LogP contribution in [0.25, 0.3) is 0 Å². The van der Waals surface area contributed by atoms with E-state index in [1.165, 1.54) is 64.7 Å². The van der Waals surface area contributed by atoms with E-state index in [1.54, 1.807) is 0 Å². The molecule has 2 fully saturated rings. The standard InChI is InChI=1S/C19H38N2/c1-15(2)9-10-20-19-11-18(16(3)4)13-21(14-19)12-17-7-5-6-8-17/h15-20H,5-14H2,1-4H3. The van der Waals surface area contributed by atoms with Crippen molar-refractivity contribution in [2.24, 2.45) is 23.7 Å². The van der Waals surface area contributed by atoms with E-state index in [1.807, 2.05) is 0 Å². The molecule has 1 aliphatic carbocycles. The number of piperidine rings is 1. The van der Waals surface area contributed by atoms with Crippen LogP contribution in [0.1, 0.15) is 66.2 Å². The van der Waals surface area contributed by atoms with E-state index in [0.29, 0.717) is 0 Å². The molecule has 21 heavy (non-hydrogen) atoms. The van der Waals surface area contributed by atoms with Crippen LogP contribution in [-0.2, 0) is 0 Å². The molecule has 1 saturated heterocycles. The van der Waals surface area contributed by atoms with Crippen molar-refractivity contribution >= 4 is 0 Å². The van der Waals surface area contributed by atoms with Gasteiger partial charge in [-0.3, -0.25) is 0 Å². The Morgan fingerprint density at radius 2 is 1.76 bits per heavy atom. The first kappa shape index (κ1) is 17.3. The SMILES string of the molecule is CC(C)CCNC1CC(C(C)C)CN(CC2CCCC2)C1. The second-order valence-corrected chi connectivity index (χ2v) is 8.44. The van der Waals surface area contributed by atoms with Gasteiger partial charge in [-0.1, -0.05) is 40.5 Å². The maximum atomic E-state index is 3.85. The molecule has 2 unspecified atom stereocenters. The third-order valence-corrected chi connectivity index (χ3v) is 5.65. The van der Waals surface area contributed by atoms with Crippen LogP contribution in [0.2, 0.25) is 0 Å². The van der Waals surface area contributed by atoms with Crippen LogP contribution in [0, 0.1) is 23.7 Å². The molecule has 2 atom stereocenters. The van der Waals surface area contributed by atoms with Gasteiger partial charge in [0.15, 0.2) is 0 Å². The summed E-state index contributed by atoms with van der Waals surface area (Å²) in [5.41, 5.74) is 0. The maximum Gasteiger partial charge on any atom is 0.0198 e. The van der Waals surface area contributed by atoms with Gasteiger partial charge in [-0.25, -0.2) is 0 Å². The van der Waals surface area contributed by atoms with Crippen molar-refractivity contribution in [3.63, 3.8) is 0 Å². The lowest BCUT2D eigenvalue weighted by Gasteiger charge is -2.41. The zero-order chi connectivity index (χ0) is 15.2. The van der Waals surface area contributed by atoms with E-state index >= 15 is 0 Å². The molecule has 2 rings (SSSR count). The monoisotopic (exact) mass is 294 g/mol. The number of likely N-dealkylation sites (tertiary alicyclic amines) is 1. The van der Waals surface area contributed by atoms with Gasteiger partial charge >= 0.3 is 0 Å². The summed E-state index contributed by atoms with van der Waals surface area (Å²) in [6, 6.07) is 0.728. The third kappa shape index (κ3) is 5.90. The minimum Gasteiger partial charge on any atom is -0.313 e. The predicted octanol–water partition coefficient (Wildman–Crippen LogP) is 4.16. The number of nitrogens with one attached hydrogen (secondary N) is 1. The Kier molecular flexibility index (Phi) is 7.01. The number of nitrogens with zero attached hydrogens (tertiary/aromatic N) is 1. The molecule has 0 aromatic carbocycles. The molecule has 0 aromatic rings. The molecule has 0 bridgehead atoms. The van der Waals surface area contributed by atoms with Gasteiger partial charge in [-0.15, -0.1) is 0 Å². The third-order valence-electron chi connectivity index (χ3n) is 5.65. The average Bonchev–Trinajstić information content (AvgIpc) is 2.91. The summed E-state index contributed by atoms with van der Waals surface area (Å²) < 4.78 is 0. The highest BCUT2D eigenvalue weighted by atomic mass is 15.2. The lowest BCUT2D eigenvalue weighted by Crippen LogP contribution is -2.51. The average molecular weight is 295 g/mol. The van der Waals surface area contributed by atoms with Crippen LogP contribution in [0.5, 0.6) is 0 Å². The van der Waals surface area contributed by atoms with Crippen LogP contribution in [0.3, 0.4) is 0 Å². The lowest BCUT2D eigenvalue weighted by atomic mass is 9.85. The fraction of sp³-hybridized carbons (Fsp3) is 1.00. The van der Waals surface area contributed by atoms with E-state index in [9.17, 15) is 0 Å². The summed E-state index contributed by atoms with van der Waals surface area (Å²) in [6.45, 7) is 14.7.